The van der Waals surface area contributed by atoms with Gasteiger partial charge in [0.2, 0.25) is 0 Å². The lowest BCUT2D eigenvalue weighted by Crippen LogP contribution is -2.27. The van der Waals surface area contributed by atoms with Crippen LogP contribution in [0.2, 0.25) is 0 Å². The molecule has 0 fully saturated rings. The van der Waals surface area contributed by atoms with Gasteiger partial charge in [0, 0.05) is 25.2 Å². The molecular formula is C28H48N2O12. The molecule has 0 spiro atoms. The summed E-state index contributed by atoms with van der Waals surface area (Å²) in [4.78, 5) is 45.4. The summed E-state index contributed by atoms with van der Waals surface area (Å²) >= 11 is 0. The zero-order chi connectivity index (χ0) is 31.3. The molecule has 2 unspecified atom stereocenters. The molecule has 14 nitrogen and oxygen atoms in total. The van der Waals surface area contributed by atoms with Crippen LogP contribution in [0.25, 0.3) is 0 Å². The zero-order valence-electron chi connectivity index (χ0n) is 24.9. The lowest BCUT2D eigenvalue weighted by atomic mass is 10.2. The minimum atomic E-state index is -0.505. The van der Waals surface area contributed by atoms with Gasteiger partial charge in [-0.05, 0) is 26.7 Å². The fourth-order valence-corrected chi connectivity index (χ4v) is 2.97. The maximum Gasteiger partial charge on any atom is 0.407 e. The number of amides is 2. The molecule has 2 amide bonds. The highest BCUT2D eigenvalue weighted by Gasteiger charge is 2.07. The Kier molecular flexibility index (Phi) is 25.8. The minimum absolute atomic E-state index is 0.122. The van der Waals surface area contributed by atoms with Crippen molar-refractivity contribution in [2.24, 2.45) is 0 Å². The molecule has 2 N–H and O–H groups in total. The highest BCUT2D eigenvalue weighted by atomic mass is 16.6. The molecule has 0 bridgehead atoms. The molecule has 0 aromatic heterocycles. The van der Waals surface area contributed by atoms with E-state index in [-0.39, 0.29) is 51.8 Å². The largest absolute Gasteiger partial charge is 0.457 e. The molecule has 0 saturated heterocycles. The summed E-state index contributed by atoms with van der Waals surface area (Å²) in [6.45, 7) is 13.6. The van der Waals surface area contributed by atoms with Crippen molar-refractivity contribution in [3.8, 4) is 0 Å². The second-order valence-corrected chi connectivity index (χ2v) is 8.82. The van der Waals surface area contributed by atoms with Crippen LogP contribution in [0.5, 0.6) is 0 Å². The molecule has 0 radical (unpaired) electrons. The lowest BCUT2D eigenvalue weighted by Gasteiger charge is -2.12. The summed E-state index contributed by atoms with van der Waals surface area (Å²) in [7, 11) is 0. The summed E-state index contributed by atoms with van der Waals surface area (Å²) in [5.74, 6) is -0.994. The maximum absolute atomic E-state index is 11.7. The molecule has 14 heteroatoms. The topological polar surface area (TPSA) is 166 Å². The van der Waals surface area contributed by atoms with Crippen molar-refractivity contribution in [1.82, 2.24) is 10.6 Å². The Hall–Kier alpha value is -3.20. The Morgan fingerprint density at radius 1 is 0.571 bits per heavy atom. The number of alkyl carbamates (subject to hydrolysis) is 2. The van der Waals surface area contributed by atoms with Crippen molar-refractivity contribution in [3.05, 3.63) is 25.3 Å². The highest BCUT2D eigenvalue weighted by Crippen LogP contribution is 1.99. The van der Waals surface area contributed by atoms with Crippen LogP contribution in [-0.2, 0) is 47.5 Å². The van der Waals surface area contributed by atoms with Gasteiger partial charge in [-0.2, -0.15) is 0 Å². The Bertz CT molecular complexity index is 703. The third kappa shape index (κ3) is 27.0. The van der Waals surface area contributed by atoms with Crippen LogP contribution in [0.3, 0.4) is 0 Å². The van der Waals surface area contributed by atoms with Crippen LogP contribution in [0, 0.1) is 0 Å². The number of hydrogen-bond donors (Lipinski definition) is 2. The van der Waals surface area contributed by atoms with Crippen LogP contribution in [0.1, 0.15) is 39.5 Å². The molecule has 0 heterocycles. The van der Waals surface area contributed by atoms with Crippen molar-refractivity contribution >= 4 is 24.1 Å². The lowest BCUT2D eigenvalue weighted by molar-refractivity contribution is -0.146. The van der Waals surface area contributed by atoms with Crippen molar-refractivity contribution in [3.63, 3.8) is 0 Å². The molecule has 242 valence electrons. The first kappa shape index (κ1) is 38.8. The molecular weight excluding hydrogens is 556 g/mol. The second kappa shape index (κ2) is 27.9. The van der Waals surface area contributed by atoms with E-state index in [9.17, 15) is 19.2 Å². The number of carbonyl (C=O) groups excluding carboxylic acids is 4. The summed E-state index contributed by atoms with van der Waals surface area (Å²) in [6, 6.07) is 0. The summed E-state index contributed by atoms with van der Waals surface area (Å²) < 4.78 is 41.2. The van der Waals surface area contributed by atoms with E-state index in [2.05, 4.69) is 23.8 Å². The highest BCUT2D eigenvalue weighted by molar-refractivity contribution is 5.81. The third-order valence-electron chi connectivity index (χ3n) is 4.98. The van der Waals surface area contributed by atoms with Gasteiger partial charge in [0.05, 0.1) is 52.9 Å². The molecule has 2 atom stereocenters. The summed E-state index contributed by atoms with van der Waals surface area (Å²) in [6.07, 6.45) is 3.77. The number of ether oxygens (including phenoxy) is 8. The molecule has 42 heavy (non-hydrogen) atoms. The van der Waals surface area contributed by atoms with Gasteiger partial charge in [0.1, 0.15) is 25.4 Å². The SMILES string of the molecule is C=CC(=O)OC(C)COCCOCCOC(=O)NCCCCCCNC(=O)OCCOCCOCC(C)OC(=O)C=C. The Balaban J connectivity index is 3.39. The molecule has 0 aliphatic heterocycles. The number of hydrogen-bond acceptors (Lipinski definition) is 12. The average Bonchev–Trinajstić information content (AvgIpc) is 2.96. The van der Waals surface area contributed by atoms with Crippen LogP contribution in [0.15, 0.2) is 25.3 Å². The number of unbranched alkanes of at least 4 members (excludes halogenated alkanes) is 3. The predicted molar refractivity (Wildman–Crippen MR) is 152 cm³/mol. The minimum Gasteiger partial charge on any atom is -0.457 e. The van der Waals surface area contributed by atoms with Crippen LogP contribution in [-0.4, -0.2) is 115 Å². The van der Waals surface area contributed by atoms with Crippen molar-refractivity contribution < 1.29 is 57.1 Å². The quantitative estimate of drug-likeness (QED) is 0.0609. The first-order valence-corrected chi connectivity index (χ1v) is 14.1. The monoisotopic (exact) mass is 604 g/mol. The van der Waals surface area contributed by atoms with E-state index < -0.39 is 24.1 Å². The van der Waals surface area contributed by atoms with Gasteiger partial charge >= 0.3 is 24.1 Å². The standard InChI is InChI=1S/C28H48N2O12/c1-5-25(31)41-23(3)21-37-15-13-35-17-19-39-27(33)29-11-9-7-8-10-12-30-28(34)40-20-18-36-14-16-38-22-24(4)42-26(32)6-2/h5-6,23-24H,1-2,7-22H2,3-4H3,(H,29,33)(H,30,34). The summed E-state index contributed by atoms with van der Waals surface area (Å²) in [5.41, 5.74) is 0. The van der Waals surface area contributed by atoms with Crippen LogP contribution >= 0.6 is 0 Å². The number of carbonyl (C=O) groups is 4. The van der Waals surface area contributed by atoms with Gasteiger partial charge in [-0.25, -0.2) is 19.2 Å². The molecule has 0 saturated carbocycles. The molecule has 0 rings (SSSR count). The van der Waals surface area contributed by atoms with E-state index in [1.54, 1.807) is 13.8 Å². The van der Waals surface area contributed by atoms with Gasteiger partial charge in [0.25, 0.3) is 0 Å². The number of esters is 2. The molecule has 0 aromatic carbocycles. The van der Waals surface area contributed by atoms with E-state index in [4.69, 9.17) is 37.9 Å². The second-order valence-electron chi connectivity index (χ2n) is 8.82. The van der Waals surface area contributed by atoms with E-state index in [1.165, 1.54) is 0 Å². The Morgan fingerprint density at radius 2 is 0.929 bits per heavy atom. The van der Waals surface area contributed by atoms with Gasteiger partial charge in [0.15, 0.2) is 0 Å². The van der Waals surface area contributed by atoms with Gasteiger partial charge in [-0.1, -0.05) is 26.0 Å². The fourth-order valence-electron chi connectivity index (χ4n) is 2.97. The van der Waals surface area contributed by atoms with E-state index in [1.807, 2.05) is 0 Å². The maximum atomic E-state index is 11.7. The number of nitrogens with one attached hydrogen (secondary N) is 2. The van der Waals surface area contributed by atoms with Crippen molar-refractivity contribution in [2.75, 3.05) is 79.2 Å². The van der Waals surface area contributed by atoms with Crippen LogP contribution in [0.4, 0.5) is 9.59 Å². The van der Waals surface area contributed by atoms with Crippen molar-refractivity contribution in [1.29, 1.82) is 0 Å². The number of rotatable bonds is 27. The van der Waals surface area contributed by atoms with E-state index in [0.717, 1.165) is 37.8 Å². The smallest absolute Gasteiger partial charge is 0.407 e. The molecule has 0 aliphatic carbocycles. The zero-order valence-corrected chi connectivity index (χ0v) is 24.9. The van der Waals surface area contributed by atoms with Gasteiger partial charge in [-0.15, -0.1) is 0 Å². The normalized spacial score (nSPS) is 12.0. The first-order valence-electron chi connectivity index (χ1n) is 14.1. The van der Waals surface area contributed by atoms with Crippen molar-refractivity contribution in [2.45, 2.75) is 51.7 Å². The molecule has 0 aromatic rings. The average molecular weight is 605 g/mol. The Labute approximate surface area is 248 Å². The predicted octanol–water partition coefficient (Wildman–Crippen LogP) is 2.30. The molecule has 0 aliphatic rings. The summed E-state index contributed by atoms with van der Waals surface area (Å²) in [5, 5.41) is 5.35. The van der Waals surface area contributed by atoms with E-state index >= 15 is 0 Å². The van der Waals surface area contributed by atoms with Crippen LogP contribution < -0.4 is 10.6 Å². The first-order chi connectivity index (χ1) is 20.3. The fraction of sp³-hybridized carbons (Fsp3) is 0.714. The van der Waals surface area contributed by atoms with Gasteiger partial charge in [-0.3, -0.25) is 0 Å². The Morgan fingerprint density at radius 3 is 1.31 bits per heavy atom. The van der Waals surface area contributed by atoms with Gasteiger partial charge < -0.3 is 48.5 Å². The van der Waals surface area contributed by atoms with E-state index in [0.29, 0.717) is 39.5 Å². The third-order valence-corrected chi connectivity index (χ3v) is 4.98.